The van der Waals surface area contributed by atoms with Crippen molar-refractivity contribution < 1.29 is 13.2 Å². The lowest BCUT2D eigenvalue weighted by Gasteiger charge is -2.03. The lowest BCUT2D eigenvalue weighted by molar-refractivity contribution is 0.102. The molecule has 2 aromatic rings. The van der Waals surface area contributed by atoms with Gasteiger partial charge < -0.3 is 0 Å². The first kappa shape index (κ1) is 16.6. The fraction of sp³-hybridized carbons (Fsp3) is 0.250. The number of anilines is 1. The minimum Gasteiger partial charge on any atom is -0.296 e. The largest absolute Gasteiger partial charge is 0.296 e. The van der Waals surface area contributed by atoms with Crippen molar-refractivity contribution in [2.45, 2.75) is 23.2 Å². The van der Waals surface area contributed by atoms with Gasteiger partial charge in [0, 0.05) is 11.1 Å². The Hall–Kier alpha value is -1.26. The highest BCUT2D eigenvalue weighted by Crippen LogP contribution is 2.26. The van der Waals surface area contributed by atoms with E-state index in [1.165, 1.54) is 18.2 Å². The molecule has 0 bridgehead atoms. The Morgan fingerprint density at radius 3 is 2.65 bits per heavy atom. The van der Waals surface area contributed by atoms with E-state index in [0.29, 0.717) is 5.02 Å². The molecule has 1 aromatic heterocycles. The van der Waals surface area contributed by atoms with Crippen molar-refractivity contribution in [3.8, 4) is 0 Å². The van der Waals surface area contributed by atoms with Crippen molar-refractivity contribution in [2.75, 3.05) is 5.32 Å². The van der Waals surface area contributed by atoms with E-state index in [4.69, 9.17) is 23.2 Å². The molecular weight excluding hydrogens is 383 g/mol. The molecule has 3 rings (SSSR count). The van der Waals surface area contributed by atoms with Gasteiger partial charge in [0.15, 0.2) is 0 Å². The van der Waals surface area contributed by atoms with Gasteiger partial charge in [-0.05, 0) is 31.0 Å². The van der Waals surface area contributed by atoms with Gasteiger partial charge in [-0.15, -0.1) is 10.2 Å². The molecule has 0 saturated heterocycles. The van der Waals surface area contributed by atoms with E-state index in [1.807, 2.05) is 0 Å². The Balaban J connectivity index is 1.74. The molecule has 7 nitrogen and oxygen atoms in total. The summed E-state index contributed by atoms with van der Waals surface area (Å²) in [7, 11) is -3.69. The number of carbonyl (C=O) groups excluding carboxylic acids is 1. The normalized spacial score (nSPS) is 14.7. The SMILES string of the molecule is O=C(Nc1nnc(S(=O)(=O)NC2CC2)s1)c1ccc(Cl)cc1Cl. The van der Waals surface area contributed by atoms with Gasteiger partial charge in [0.2, 0.25) is 9.47 Å². The second-order valence-electron chi connectivity index (χ2n) is 4.85. The highest BCUT2D eigenvalue weighted by Gasteiger charge is 2.30. The first-order valence-corrected chi connectivity index (χ1v) is 9.53. The number of sulfonamides is 1. The quantitative estimate of drug-likeness (QED) is 0.761. The van der Waals surface area contributed by atoms with E-state index >= 15 is 0 Å². The Morgan fingerprint density at radius 1 is 1.26 bits per heavy atom. The van der Waals surface area contributed by atoms with Gasteiger partial charge in [0.1, 0.15) is 0 Å². The van der Waals surface area contributed by atoms with Crippen LogP contribution in [0.5, 0.6) is 0 Å². The van der Waals surface area contributed by atoms with E-state index in [-0.39, 0.29) is 26.1 Å². The summed E-state index contributed by atoms with van der Waals surface area (Å²) in [6.45, 7) is 0. The van der Waals surface area contributed by atoms with Crippen molar-refractivity contribution >= 4 is 55.6 Å². The maximum absolute atomic E-state index is 12.1. The van der Waals surface area contributed by atoms with Crippen LogP contribution in [-0.4, -0.2) is 30.6 Å². The number of amides is 1. The van der Waals surface area contributed by atoms with Gasteiger partial charge in [0.05, 0.1) is 10.6 Å². The maximum atomic E-state index is 12.1. The molecule has 11 heteroatoms. The lowest BCUT2D eigenvalue weighted by Crippen LogP contribution is -2.25. The number of nitrogens with one attached hydrogen (secondary N) is 2. The fourth-order valence-electron chi connectivity index (χ4n) is 1.68. The first-order chi connectivity index (χ1) is 10.8. The molecule has 1 aliphatic rings. The molecule has 1 aromatic carbocycles. The van der Waals surface area contributed by atoms with Crippen LogP contribution in [0.25, 0.3) is 0 Å². The van der Waals surface area contributed by atoms with Gasteiger partial charge in [0.25, 0.3) is 15.9 Å². The molecule has 1 saturated carbocycles. The topological polar surface area (TPSA) is 101 Å². The number of rotatable bonds is 5. The molecule has 0 atom stereocenters. The van der Waals surface area contributed by atoms with Crippen LogP contribution < -0.4 is 10.0 Å². The monoisotopic (exact) mass is 392 g/mol. The Bertz CT molecular complexity index is 865. The van der Waals surface area contributed by atoms with E-state index < -0.39 is 15.9 Å². The number of halogens is 2. The van der Waals surface area contributed by atoms with Crippen LogP contribution in [0.4, 0.5) is 5.13 Å². The fourth-order valence-corrected chi connectivity index (χ4v) is 4.39. The third kappa shape index (κ3) is 3.99. The summed E-state index contributed by atoms with van der Waals surface area (Å²) in [5.41, 5.74) is 0.201. The lowest BCUT2D eigenvalue weighted by atomic mass is 10.2. The van der Waals surface area contributed by atoms with E-state index in [9.17, 15) is 13.2 Å². The van der Waals surface area contributed by atoms with Crippen molar-refractivity contribution in [3.63, 3.8) is 0 Å². The maximum Gasteiger partial charge on any atom is 0.270 e. The summed E-state index contributed by atoms with van der Waals surface area (Å²) in [4.78, 5) is 12.1. The number of benzene rings is 1. The van der Waals surface area contributed by atoms with Crippen LogP contribution in [0.1, 0.15) is 23.2 Å². The standard InChI is InChI=1S/C12H10Cl2N4O3S2/c13-6-1-4-8(9(14)5-6)10(19)15-11-16-17-12(22-11)23(20,21)18-7-2-3-7/h1,4-5,7,18H,2-3H2,(H,15,16,19). The Labute approximate surface area is 146 Å². The van der Waals surface area contributed by atoms with Crippen molar-refractivity contribution in [2.24, 2.45) is 0 Å². The minimum atomic E-state index is -3.69. The molecule has 0 aliphatic heterocycles. The predicted octanol–water partition coefficient (Wildman–Crippen LogP) is 2.54. The molecule has 0 unspecified atom stereocenters. The summed E-state index contributed by atoms with van der Waals surface area (Å²) >= 11 is 12.5. The molecule has 1 aliphatic carbocycles. The predicted molar refractivity (Wildman–Crippen MR) is 87.7 cm³/mol. The number of nitrogens with zero attached hydrogens (tertiary/aromatic N) is 2. The zero-order chi connectivity index (χ0) is 16.6. The molecule has 2 N–H and O–H groups in total. The van der Waals surface area contributed by atoms with Crippen LogP contribution >= 0.6 is 34.5 Å². The zero-order valence-electron chi connectivity index (χ0n) is 11.4. The zero-order valence-corrected chi connectivity index (χ0v) is 14.6. The van der Waals surface area contributed by atoms with Gasteiger partial charge >= 0.3 is 0 Å². The minimum absolute atomic E-state index is 0.0326. The summed E-state index contributed by atoms with van der Waals surface area (Å²) in [5, 5.41) is 10.4. The highest BCUT2D eigenvalue weighted by molar-refractivity contribution is 7.91. The van der Waals surface area contributed by atoms with Crippen molar-refractivity contribution in [3.05, 3.63) is 33.8 Å². The summed E-state index contributed by atoms with van der Waals surface area (Å²) in [6.07, 6.45) is 1.63. The average molecular weight is 393 g/mol. The van der Waals surface area contributed by atoms with Crippen LogP contribution in [0.3, 0.4) is 0 Å². The molecule has 1 amide bonds. The van der Waals surface area contributed by atoms with Crippen LogP contribution in [-0.2, 0) is 10.0 Å². The molecule has 122 valence electrons. The second-order valence-corrected chi connectivity index (χ2v) is 8.56. The number of hydrogen-bond acceptors (Lipinski definition) is 6. The van der Waals surface area contributed by atoms with E-state index in [0.717, 1.165) is 24.2 Å². The van der Waals surface area contributed by atoms with Gasteiger partial charge in [-0.1, -0.05) is 34.5 Å². The highest BCUT2D eigenvalue weighted by atomic mass is 35.5. The van der Waals surface area contributed by atoms with Crippen molar-refractivity contribution in [1.29, 1.82) is 0 Å². The van der Waals surface area contributed by atoms with Gasteiger partial charge in [-0.3, -0.25) is 10.1 Å². The van der Waals surface area contributed by atoms with Gasteiger partial charge in [-0.2, -0.15) is 0 Å². The summed E-state index contributed by atoms with van der Waals surface area (Å²) < 4.78 is 26.3. The molecule has 0 spiro atoms. The molecule has 0 radical (unpaired) electrons. The van der Waals surface area contributed by atoms with Crippen LogP contribution in [0.2, 0.25) is 10.0 Å². The summed E-state index contributed by atoms with van der Waals surface area (Å²) in [5.74, 6) is -0.526. The average Bonchev–Trinajstić information content (AvgIpc) is 3.12. The number of hydrogen-bond donors (Lipinski definition) is 2. The Kier molecular flexibility index (Phi) is 4.56. The van der Waals surface area contributed by atoms with Gasteiger partial charge in [-0.25, -0.2) is 13.1 Å². The summed E-state index contributed by atoms with van der Waals surface area (Å²) in [6, 6.07) is 4.40. The number of carbonyl (C=O) groups is 1. The smallest absolute Gasteiger partial charge is 0.270 e. The third-order valence-electron chi connectivity index (χ3n) is 2.93. The second kappa shape index (κ2) is 6.33. The van der Waals surface area contributed by atoms with E-state index in [2.05, 4.69) is 20.2 Å². The third-order valence-corrected chi connectivity index (χ3v) is 6.21. The van der Waals surface area contributed by atoms with Crippen LogP contribution in [0, 0.1) is 0 Å². The molecule has 1 heterocycles. The molecule has 1 fully saturated rings. The molecular formula is C12H10Cl2N4O3S2. The van der Waals surface area contributed by atoms with Crippen LogP contribution in [0.15, 0.2) is 22.5 Å². The Morgan fingerprint density at radius 2 is 2.00 bits per heavy atom. The van der Waals surface area contributed by atoms with E-state index in [1.54, 1.807) is 0 Å². The number of aromatic nitrogens is 2. The molecule has 23 heavy (non-hydrogen) atoms. The first-order valence-electron chi connectivity index (χ1n) is 6.47. The van der Waals surface area contributed by atoms with Crippen molar-refractivity contribution in [1.82, 2.24) is 14.9 Å².